The monoisotopic (exact) mass is 286 g/mol. The van der Waals surface area contributed by atoms with Gasteiger partial charge < -0.3 is 10.6 Å². The Hall–Kier alpha value is -0.770. The molecule has 0 aliphatic carbocycles. The minimum absolute atomic E-state index is 0.101. The third kappa shape index (κ3) is 3.16. The van der Waals surface area contributed by atoms with Crippen molar-refractivity contribution < 1.29 is 4.79 Å². The summed E-state index contributed by atoms with van der Waals surface area (Å²) in [5.41, 5.74) is 1.03. The molecule has 0 aromatic heterocycles. The minimum atomic E-state index is 0.101. The number of hydrogen-bond donors (Lipinski definition) is 2. The van der Waals surface area contributed by atoms with E-state index in [1.165, 1.54) is 0 Å². The summed E-state index contributed by atoms with van der Waals surface area (Å²) in [4.78, 5) is 11.2. The third-order valence-corrected chi connectivity index (χ3v) is 3.72. The van der Waals surface area contributed by atoms with E-state index in [-0.39, 0.29) is 18.0 Å². The van der Waals surface area contributed by atoms with Crippen LogP contribution in [-0.2, 0) is 4.79 Å². The van der Waals surface area contributed by atoms with Crippen LogP contribution in [0.4, 0.5) is 0 Å². The van der Waals surface area contributed by atoms with Gasteiger partial charge in [0, 0.05) is 35.1 Å². The maximum absolute atomic E-state index is 11.2. The van der Waals surface area contributed by atoms with Crippen LogP contribution in [0.2, 0.25) is 10.0 Å². The van der Waals surface area contributed by atoms with Gasteiger partial charge in [-0.1, -0.05) is 36.2 Å². The topological polar surface area (TPSA) is 41.1 Å². The fourth-order valence-corrected chi connectivity index (χ4v) is 2.76. The standard InChI is InChI=1S/C13H16Cl2N2O/c1-2-12(17-9-6-13(18)16-7-9)10-4-3-8(14)5-11(10)15/h3-5,9,12,17H,2,6-7H2,1H3,(H,16,18). The molecule has 2 N–H and O–H groups in total. The molecule has 1 aliphatic rings. The highest BCUT2D eigenvalue weighted by molar-refractivity contribution is 6.35. The second-order valence-electron chi connectivity index (χ2n) is 4.50. The summed E-state index contributed by atoms with van der Waals surface area (Å²) in [6.07, 6.45) is 1.44. The van der Waals surface area contributed by atoms with Crippen molar-refractivity contribution in [2.24, 2.45) is 0 Å². The molecule has 1 aromatic rings. The van der Waals surface area contributed by atoms with E-state index in [9.17, 15) is 4.79 Å². The Morgan fingerprint density at radius 3 is 2.83 bits per heavy atom. The van der Waals surface area contributed by atoms with E-state index >= 15 is 0 Å². The maximum atomic E-state index is 11.2. The van der Waals surface area contributed by atoms with Crippen molar-refractivity contribution >= 4 is 29.1 Å². The summed E-state index contributed by atoms with van der Waals surface area (Å²) in [6.45, 7) is 2.77. The van der Waals surface area contributed by atoms with Gasteiger partial charge in [0.2, 0.25) is 5.91 Å². The van der Waals surface area contributed by atoms with Crippen LogP contribution in [0, 0.1) is 0 Å². The van der Waals surface area contributed by atoms with Gasteiger partial charge in [-0.3, -0.25) is 4.79 Å². The zero-order chi connectivity index (χ0) is 13.1. The highest BCUT2D eigenvalue weighted by Gasteiger charge is 2.24. The second kappa shape index (κ2) is 5.91. The van der Waals surface area contributed by atoms with Gasteiger partial charge in [0.25, 0.3) is 0 Å². The van der Waals surface area contributed by atoms with Crippen molar-refractivity contribution in [2.45, 2.75) is 31.8 Å². The largest absolute Gasteiger partial charge is 0.354 e. The molecule has 1 amide bonds. The molecule has 0 bridgehead atoms. The molecule has 2 unspecified atom stereocenters. The summed E-state index contributed by atoms with van der Waals surface area (Å²) in [6, 6.07) is 5.85. The van der Waals surface area contributed by atoms with E-state index in [1.54, 1.807) is 6.07 Å². The number of rotatable bonds is 4. The maximum Gasteiger partial charge on any atom is 0.221 e. The number of nitrogens with one attached hydrogen (secondary N) is 2. The average molecular weight is 287 g/mol. The van der Waals surface area contributed by atoms with E-state index in [0.29, 0.717) is 23.0 Å². The van der Waals surface area contributed by atoms with Gasteiger partial charge in [-0.2, -0.15) is 0 Å². The zero-order valence-electron chi connectivity index (χ0n) is 10.2. The van der Waals surface area contributed by atoms with Crippen LogP contribution < -0.4 is 10.6 Å². The summed E-state index contributed by atoms with van der Waals surface area (Å²) in [5.74, 6) is 0.101. The lowest BCUT2D eigenvalue weighted by atomic mass is 10.0. The molecular formula is C13H16Cl2N2O. The molecule has 2 rings (SSSR count). The Morgan fingerprint density at radius 1 is 1.50 bits per heavy atom. The number of benzene rings is 1. The van der Waals surface area contributed by atoms with E-state index in [1.807, 2.05) is 12.1 Å². The lowest BCUT2D eigenvalue weighted by Gasteiger charge is -2.22. The lowest BCUT2D eigenvalue weighted by molar-refractivity contribution is -0.119. The average Bonchev–Trinajstić information content (AvgIpc) is 2.72. The first-order valence-electron chi connectivity index (χ1n) is 6.08. The Balaban J connectivity index is 2.10. The predicted octanol–water partition coefficient (Wildman–Crippen LogP) is 2.92. The number of halogens is 2. The molecule has 1 aromatic carbocycles. The first-order chi connectivity index (χ1) is 8.60. The second-order valence-corrected chi connectivity index (χ2v) is 5.34. The van der Waals surface area contributed by atoms with Crippen LogP contribution in [-0.4, -0.2) is 18.5 Å². The molecule has 1 saturated heterocycles. The van der Waals surface area contributed by atoms with Gasteiger partial charge in [0.1, 0.15) is 0 Å². The molecular weight excluding hydrogens is 271 g/mol. The van der Waals surface area contributed by atoms with Crippen molar-refractivity contribution in [2.75, 3.05) is 6.54 Å². The first kappa shape index (κ1) is 13.7. The Bertz CT molecular complexity index is 451. The summed E-state index contributed by atoms with van der Waals surface area (Å²) in [5, 5.41) is 7.58. The molecule has 1 aliphatic heterocycles. The van der Waals surface area contributed by atoms with Crippen molar-refractivity contribution in [1.29, 1.82) is 0 Å². The molecule has 0 saturated carbocycles. The first-order valence-corrected chi connectivity index (χ1v) is 6.83. The highest BCUT2D eigenvalue weighted by Crippen LogP contribution is 2.28. The van der Waals surface area contributed by atoms with Crippen LogP contribution >= 0.6 is 23.2 Å². The van der Waals surface area contributed by atoms with Crippen LogP contribution in [0.15, 0.2) is 18.2 Å². The molecule has 1 heterocycles. The van der Waals surface area contributed by atoms with Crippen molar-refractivity contribution in [3.8, 4) is 0 Å². The van der Waals surface area contributed by atoms with Crippen molar-refractivity contribution in [3.05, 3.63) is 33.8 Å². The van der Waals surface area contributed by atoms with Crippen LogP contribution in [0.25, 0.3) is 0 Å². The molecule has 5 heteroatoms. The molecule has 0 radical (unpaired) electrons. The molecule has 2 atom stereocenters. The van der Waals surface area contributed by atoms with Crippen molar-refractivity contribution in [1.82, 2.24) is 10.6 Å². The van der Waals surface area contributed by atoms with Gasteiger partial charge in [-0.15, -0.1) is 0 Å². The molecule has 0 spiro atoms. The Kier molecular flexibility index (Phi) is 4.49. The smallest absolute Gasteiger partial charge is 0.221 e. The van der Waals surface area contributed by atoms with Gasteiger partial charge >= 0.3 is 0 Å². The quantitative estimate of drug-likeness (QED) is 0.894. The SMILES string of the molecule is CCC(NC1CNC(=O)C1)c1ccc(Cl)cc1Cl. The van der Waals surface area contributed by atoms with Crippen molar-refractivity contribution in [3.63, 3.8) is 0 Å². The van der Waals surface area contributed by atoms with Gasteiger partial charge in [-0.05, 0) is 24.1 Å². The van der Waals surface area contributed by atoms with E-state index in [4.69, 9.17) is 23.2 Å². The van der Waals surface area contributed by atoms with Gasteiger partial charge in [0.05, 0.1) is 0 Å². The normalized spacial score (nSPS) is 20.8. The number of hydrogen-bond acceptors (Lipinski definition) is 2. The van der Waals surface area contributed by atoms with E-state index in [0.717, 1.165) is 12.0 Å². The Morgan fingerprint density at radius 2 is 2.28 bits per heavy atom. The van der Waals surface area contributed by atoms with Crippen LogP contribution in [0.5, 0.6) is 0 Å². The number of amides is 1. The highest BCUT2D eigenvalue weighted by atomic mass is 35.5. The van der Waals surface area contributed by atoms with Crippen LogP contribution in [0.1, 0.15) is 31.4 Å². The minimum Gasteiger partial charge on any atom is -0.354 e. The van der Waals surface area contributed by atoms with Gasteiger partial charge in [-0.25, -0.2) is 0 Å². The molecule has 98 valence electrons. The zero-order valence-corrected chi connectivity index (χ0v) is 11.7. The Labute approximate surface area is 117 Å². The third-order valence-electron chi connectivity index (χ3n) is 3.16. The molecule has 1 fully saturated rings. The molecule has 18 heavy (non-hydrogen) atoms. The fraction of sp³-hybridized carbons (Fsp3) is 0.462. The number of carbonyl (C=O) groups is 1. The van der Waals surface area contributed by atoms with E-state index in [2.05, 4.69) is 17.6 Å². The lowest BCUT2D eigenvalue weighted by Crippen LogP contribution is -2.34. The van der Waals surface area contributed by atoms with E-state index < -0.39 is 0 Å². The summed E-state index contributed by atoms with van der Waals surface area (Å²) < 4.78 is 0. The number of carbonyl (C=O) groups excluding carboxylic acids is 1. The van der Waals surface area contributed by atoms with Crippen LogP contribution in [0.3, 0.4) is 0 Å². The molecule has 3 nitrogen and oxygen atoms in total. The predicted molar refractivity (Wildman–Crippen MR) is 74.0 cm³/mol. The van der Waals surface area contributed by atoms with Gasteiger partial charge in [0.15, 0.2) is 0 Å². The fourth-order valence-electron chi connectivity index (χ4n) is 2.22. The summed E-state index contributed by atoms with van der Waals surface area (Å²) >= 11 is 12.1. The summed E-state index contributed by atoms with van der Waals surface area (Å²) in [7, 11) is 0.